The maximum atomic E-state index is 12.9. The molecular weight excluding hydrogens is 392 g/mol. The summed E-state index contributed by atoms with van der Waals surface area (Å²) in [5.74, 6) is -0.0494. The highest BCUT2D eigenvalue weighted by Crippen LogP contribution is 2.23. The molecule has 3 heterocycles. The number of nitrogens with one attached hydrogen (secondary N) is 1. The van der Waals surface area contributed by atoms with E-state index in [1.54, 1.807) is 53.6 Å². The van der Waals surface area contributed by atoms with Gasteiger partial charge in [0.05, 0.1) is 35.3 Å². The van der Waals surface area contributed by atoms with Crippen molar-refractivity contribution in [1.29, 1.82) is 0 Å². The van der Waals surface area contributed by atoms with Crippen LogP contribution in [0, 0.1) is 0 Å². The monoisotopic (exact) mass is 408 g/mol. The van der Waals surface area contributed by atoms with Crippen LogP contribution < -0.4 is 5.56 Å². The summed E-state index contributed by atoms with van der Waals surface area (Å²) in [4.78, 5) is 31.9. The van der Waals surface area contributed by atoms with Gasteiger partial charge in [-0.05, 0) is 42.5 Å². The molecule has 0 aliphatic carbocycles. The molecule has 2 aromatic carbocycles. The first-order valence-electron chi connectivity index (χ1n) is 9.28. The summed E-state index contributed by atoms with van der Waals surface area (Å²) in [7, 11) is 0. The summed E-state index contributed by atoms with van der Waals surface area (Å²) in [6, 6.07) is 12.4. The number of H-pyrrole nitrogens is 1. The number of hydrogen-bond donors (Lipinski definition) is 1. The van der Waals surface area contributed by atoms with Crippen molar-refractivity contribution >= 4 is 39.3 Å². The number of fused-ring (bicyclic) bond motifs is 3. The van der Waals surface area contributed by atoms with Crippen LogP contribution in [0.15, 0.2) is 53.5 Å². The van der Waals surface area contributed by atoms with Crippen LogP contribution in [0.1, 0.15) is 10.4 Å². The van der Waals surface area contributed by atoms with Crippen LogP contribution in [-0.2, 0) is 4.74 Å². The van der Waals surface area contributed by atoms with E-state index >= 15 is 0 Å². The number of halogens is 1. The van der Waals surface area contributed by atoms with Crippen molar-refractivity contribution in [1.82, 2.24) is 19.7 Å². The molecule has 0 spiro atoms. The molecule has 1 aliphatic rings. The third-order valence-corrected chi connectivity index (χ3v) is 5.41. The molecule has 0 radical (unpaired) electrons. The molecule has 1 amide bonds. The fourth-order valence-corrected chi connectivity index (χ4v) is 3.74. The van der Waals surface area contributed by atoms with Crippen molar-refractivity contribution in [3.63, 3.8) is 0 Å². The molecule has 146 valence electrons. The van der Waals surface area contributed by atoms with E-state index in [9.17, 15) is 9.59 Å². The predicted octanol–water partition coefficient (Wildman–Crippen LogP) is 2.99. The lowest BCUT2D eigenvalue weighted by molar-refractivity contribution is 0.0303. The van der Waals surface area contributed by atoms with E-state index in [0.29, 0.717) is 59.0 Å². The quantitative estimate of drug-likeness (QED) is 0.553. The molecule has 2 aromatic heterocycles. The zero-order chi connectivity index (χ0) is 20.0. The smallest absolute Gasteiger partial charge is 0.280 e. The van der Waals surface area contributed by atoms with Gasteiger partial charge < -0.3 is 9.64 Å². The summed E-state index contributed by atoms with van der Waals surface area (Å²) in [5.41, 5.74) is 2.38. The van der Waals surface area contributed by atoms with Crippen LogP contribution in [0.4, 0.5) is 0 Å². The standard InChI is InChI=1S/C21H17ClN4O3/c22-14-2-4-15(5-3-14)26-21(28)17-12-23-18-6-1-13(11-16(18)19(17)24-26)20(27)25-7-9-29-10-8-25/h1-6,11-12,24H,7-10H2. The Bertz CT molecular complexity index is 1290. The fourth-order valence-electron chi connectivity index (χ4n) is 3.61. The Morgan fingerprint density at radius 3 is 2.59 bits per heavy atom. The molecule has 0 saturated carbocycles. The summed E-state index contributed by atoms with van der Waals surface area (Å²) in [6.07, 6.45) is 1.56. The van der Waals surface area contributed by atoms with Crippen molar-refractivity contribution in [2.75, 3.05) is 26.3 Å². The van der Waals surface area contributed by atoms with Crippen LogP contribution in [0.3, 0.4) is 0 Å². The molecule has 8 heteroatoms. The maximum Gasteiger partial charge on any atom is 0.280 e. The Hall–Kier alpha value is -3.16. The zero-order valence-electron chi connectivity index (χ0n) is 15.4. The van der Waals surface area contributed by atoms with Crippen molar-refractivity contribution in [3.8, 4) is 5.69 Å². The van der Waals surface area contributed by atoms with Crippen LogP contribution in [-0.4, -0.2) is 51.9 Å². The number of pyridine rings is 1. The highest BCUT2D eigenvalue weighted by molar-refractivity contribution is 6.30. The Morgan fingerprint density at radius 2 is 1.83 bits per heavy atom. The average molecular weight is 409 g/mol. The first-order chi connectivity index (χ1) is 14.1. The second-order valence-corrected chi connectivity index (χ2v) is 7.35. The van der Waals surface area contributed by atoms with Crippen molar-refractivity contribution in [3.05, 3.63) is 69.6 Å². The molecule has 1 fully saturated rings. The molecule has 4 aromatic rings. The van der Waals surface area contributed by atoms with Gasteiger partial charge in [0.15, 0.2) is 0 Å². The topological polar surface area (TPSA) is 80.2 Å². The van der Waals surface area contributed by atoms with Crippen LogP contribution in [0.5, 0.6) is 0 Å². The van der Waals surface area contributed by atoms with E-state index in [2.05, 4.69) is 10.1 Å². The minimum atomic E-state index is -0.207. The van der Waals surface area contributed by atoms with E-state index in [1.807, 2.05) is 0 Å². The first-order valence-corrected chi connectivity index (χ1v) is 9.66. The number of aromatic nitrogens is 3. The number of morpholine rings is 1. The fraction of sp³-hybridized carbons (Fsp3) is 0.190. The average Bonchev–Trinajstić information content (AvgIpc) is 3.11. The van der Waals surface area contributed by atoms with Gasteiger partial charge >= 0.3 is 0 Å². The van der Waals surface area contributed by atoms with E-state index in [-0.39, 0.29) is 11.5 Å². The van der Waals surface area contributed by atoms with Crippen molar-refractivity contribution in [2.45, 2.75) is 0 Å². The summed E-state index contributed by atoms with van der Waals surface area (Å²) in [5, 5.41) is 4.95. The number of aromatic amines is 1. The Morgan fingerprint density at radius 1 is 1.07 bits per heavy atom. The van der Waals surface area contributed by atoms with Gasteiger partial charge in [0.25, 0.3) is 11.5 Å². The maximum absolute atomic E-state index is 12.9. The molecule has 0 bridgehead atoms. The van der Waals surface area contributed by atoms with Crippen LogP contribution in [0.2, 0.25) is 5.02 Å². The highest BCUT2D eigenvalue weighted by atomic mass is 35.5. The van der Waals surface area contributed by atoms with Crippen LogP contribution in [0.25, 0.3) is 27.5 Å². The molecule has 1 N–H and O–H groups in total. The van der Waals surface area contributed by atoms with Crippen molar-refractivity contribution < 1.29 is 9.53 Å². The van der Waals surface area contributed by atoms with E-state index in [0.717, 1.165) is 5.39 Å². The molecule has 5 rings (SSSR count). The summed E-state index contributed by atoms with van der Waals surface area (Å²) in [6.45, 7) is 2.23. The van der Waals surface area contributed by atoms with E-state index in [4.69, 9.17) is 16.3 Å². The molecule has 1 saturated heterocycles. The summed E-state index contributed by atoms with van der Waals surface area (Å²) >= 11 is 5.96. The van der Waals surface area contributed by atoms with Crippen LogP contribution >= 0.6 is 11.6 Å². The first kappa shape index (κ1) is 17.9. The number of benzene rings is 2. The number of carbonyl (C=O) groups is 1. The third-order valence-electron chi connectivity index (χ3n) is 5.16. The number of ether oxygens (including phenoxy) is 1. The van der Waals surface area contributed by atoms with Gasteiger partial charge in [-0.3, -0.25) is 19.7 Å². The molecule has 0 atom stereocenters. The van der Waals surface area contributed by atoms with Gasteiger partial charge in [-0.2, -0.15) is 0 Å². The largest absolute Gasteiger partial charge is 0.378 e. The molecule has 1 aliphatic heterocycles. The van der Waals surface area contributed by atoms with Gasteiger partial charge in [-0.1, -0.05) is 11.6 Å². The Kier molecular flexibility index (Phi) is 4.34. The third kappa shape index (κ3) is 3.08. The lowest BCUT2D eigenvalue weighted by atomic mass is 10.1. The van der Waals surface area contributed by atoms with Gasteiger partial charge in [0, 0.05) is 35.3 Å². The SMILES string of the molecule is O=C(c1ccc2ncc3c(=O)n(-c4ccc(Cl)cc4)[nH]c3c2c1)N1CCOCC1. The Labute approximate surface area is 170 Å². The zero-order valence-corrected chi connectivity index (χ0v) is 16.1. The second-order valence-electron chi connectivity index (χ2n) is 6.91. The second kappa shape index (κ2) is 7.02. The van der Waals surface area contributed by atoms with Gasteiger partial charge in [-0.25, -0.2) is 4.68 Å². The van der Waals surface area contributed by atoms with Gasteiger partial charge in [0.1, 0.15) is 0 Å². The van der Waals surface area contributed by atoms with E-state index < -0.39 is 0 Å². The Balaban J connectivity index is 1.65. The molecule has 7 nitrogen and oxygen atoms in total. The minimum absolute atomic E-state index is 0.0494. The van der Waals surface area contributed by atoms with E-state index in [1.165, 1.54) is 4.68 Å². The number of carbonyl (C=O) groups excluding carboxylic acids is 1. The minimum Gasteiger partial charge on any atom is -0.378 e. The molecule has 29 heavy (non-hydrogen) atoms. The molecule has 0 unspecified atom stereocenters. The highest BCUT2D eigenvalue weighted by Gasteiger charge is 2.20. The number of hydrogen-bond acceptors (Lipinski definition) is 4. The normalized spacial score (nSPS) is 14.6. The number of nitrogens with zero attached hydrogens (tertiary/aromatic N) is 3. The summed E-state index contributed by atoms with van der Waals surface area (Å²) < 4.78 is 6.78. The number of rotatable bonds is 2. The number of amides is 1. The van der Waals surface area contributed by atoms with Crippen molar-refractivity contribution in [2.24, 2.45) is 0 Å². The van der Waals surface area contributed by atoms with Gasteiger partial charge in [0.2, 0.25) is 0 Å². The lowest BCUT2D eigenvalue weighted by Gasteiger charge is -2.26. The lowest BCUT2D eigenvalue weighted by Crippen LogP contribution is -2.40. The van der Waals surface area contributed by atoms with Gasteiger partial charge in [-0.15, -0.1) is 0 Å². The molecular formula is C21H17ClN4O3. The predicted molar refractivity (Wildman–Crippen MR) is 111 cm³/mol.